The highest BCUT2D eigenvalue weighted by molar-refractivity contribution is 5.93. The van der Waals surface area contributed by atoms with Gasteiger partial charge in [-0.15, -0.1) is 0 Å². The summed E-state index contributed by atoms with van der Waals surface area (Å²) in [6, 6.07) is 5.61. The van der Waals surface area contributed by atoms with Crippen LogP contribution in [-0.4, -0.2) is 18.0 Å². The molecule has 0 radical (unpaired) electrons. The van der Waals surface area contributed by atoms with E-state index in [0.29, 0.717) is 12.5 Å². The third kappa shape index (κ3) is 4.48. The first-order chi connectivity index (χ1) is 10.1. The van der Waals surface area contributed by atoms with E-state index in [1.807, 2.05) is 26.0 Å². The largest absolute Gasteiger partial charge is 0.335 e. The van der Waals surface area contributed by atoms with Crippen molar-refractivity contribution in [3.05, 3.63) is 23.8 Å². The van der Waals surface area contributed by atoms with Crippen LogP contribution in [0.4, 0.5) is 16.2 Å². The van der Waals surface area contributed by atoms with Crippen molar-refractivity contribution in [1.82, 2.24) is 5.32 Å². The number of hydrogen-bond donors (Lipinski definition) is 3. The second-order valence-electron chi connectivity index (χ2n) is 5.51. The van der Waals surface area contributed by atoms with Gasteiger partial charge in [0.05, 0.1) is 0 Å². The number of amides is 3. The van der Waals surface area contributed by atoms with Crippen LogP contribution in [-0.2, 0) is 4.79 Å². The van der Waals surface area contributed by atoms with Crippen LogP contribution >= 0.6 is 0 Å². The molecule has 1 saturated carbocycles. The maximum atomic E-state index is 11.9. The third-order valence-electron chi connectivity index (χ3n) is 3.77. The number of carbonyl (C=O) groups is 2. The molecule has 1 fully saturated rings. The van der Waals surface area contributed by atoms with Gasteiger partial charge >= 0.3 is 6.03 Å². The lowest BCUT2D eigenvalue weighted by molar-refractivity contribution is -0.115. The topological polar surface area (TPSA) is 70.2 Å². The normalized spacial score (nSPS) is 14.8. The first-order valence-electron chi connectivity index (χ1n) is 7.56. The Morgan fingerprint density at radius 3 is 2.52 bits per heavy atom. The van der Waals surface area contributed by atoms with Crippen LogP contribution in [0.15, 0.2) is 18.2 Å². The lowest BCUT2D eigenvalue weighted by Gasteiger charge is -2.14. The highest BCUT2D eigenvalue weighted by Crippen LogP contribution is 2.21. The van der Waals surface area contributed by atoms with Gasteiger partial charge in [0, 0.05) is 23.8 Å². The van der Waals surface area contributed by atoms with Gasteiger partial charge in [0.15, 0.2) is 0 Å². The summed E-state index contributed by atoms with van der Waals surface area (Å²) in [4.78, 5) is 23.3. The van der Waals surface area contributed by atoms with E-state index in [1.54, 1.807) is 6.07 Å². The Morgan fingerprint density at radius 2 is 1.90 bits per heavy atom. The van der Waals surface area contributed by atoms with Crippen molar-refractivity contribution in [2.45, 2.75) is 52.0 Å². The van der Waals surface area contributed by atoms with Gasteiger partial charge in [0.1, 0.15) is 0 Å². The van der Waals surface area contributed by atoms with Crippen molar-refractivity contribution in [1.29, 1.82) is 0 Å². The van der Waals surface area contributed by atoms with Crippen molar-refractivity contribution < 1.29 is 9.59 Å². The summed E-state index contributed by atoms with van der Waals surface area (Å²) >= 11 is 0. The van der Waals surface area contributed by atoms with E-state index in [-0.39, 0.29) is 11.9 Å². The van der Waals surface area contributed by atoms with Gasteiger partial charge in [0.25, 0.3) is 0 Å². The SMILES string of the molecule is CCC(=O)Nc1ccc(NC(=O)NC2CCCC2)cc1C. The monoisotopic (exact) mass is 289 g/mol. The second-order valence-corrected chi connectivity index (χ2v) is 5.51. The molecule has 1 aliphatic rings. The molecule has 0 saturated heterocycles. The number of aryl methyl sites for hydroxylation is 1. The summed E-state index contributed by atoms with van der Waals surface area (Å²) < 4.78 is 0. The maximum Gasteiger partial charge on any atom is 0.319 e. The average Bonchev–Trinajstić information content (AvgIpc) is 2.94. The number of anilines is 2. The standard InChI is InChI=1S/C16H23N3O2/c1-3-15(20)19-14-9-8-13(10-11(14)2)18-16(21)17-12-6-4-5-7-12/h8-10,12H,3-7H2,1-2H3,(H,19,20)(H2,17,18,21). The van der Waals surface area contributed by atoms with Crippen molar-refractivity contribution in [3.8, 4) is 0 Å². The van der Waals surface area contributed by atoms with Crippen LogP contribution in [0.25, 0.3) is 0 Å². The molecular weight excluding hydrogens is 266 g/mol. The number of rotatable bonds is 4. The molecule has 3 amide bonds. The van der Waals surface area contributed by atoms with Crippen molar-refractivity contribution >= 4 is 23.3 Å². The molecule has 21 heavy (non-hydrogen) atoms. The van der Waals surface area contributed by atoms with Crippen molar-refractivity contribution in [3.63, 3.8) is 0 Å². The maximum absolute atomic E-state index is 11.9. The van der Waals surface area contributed by atoms with Gasteiger partial charge in [-0.2, -0.15) is 0 Å². The molecule has 0 atom stereocenters. The highest BCUT2D eigenvalue weighted by Gasteiger charge is 2.17. The van der Waals surface area contributed by atoms with Gasteiger partial charge in [-0.25, -0.2) is 4.79 Å². The van der Waals surface area contributed by atoms with E-state index >= 15 is 0 Å². The zero-order valence-corrected chi connectivity index (χ0v) is 12.7. The fourth-order valence-corrected chi connectivity index (χ4v) is 2.54. The quantitative estimate of drug-likeness (QED) is 0.795. The van der Waals surface area contributed by atoms with Crippen LogP contribution < -0.4 is 16.0 Å². The molecule has 5 nitrogen and oxygen atoms in total. The summed E-state index contributed by atoms with van der Waals surface area (Å²) in [6.45, 7) is 3.72. The smallest absolute Gasteiger partial charge is 0.319 e. The number of nitrogens with one attached hydrogen (secondary N) is 3. The Kier molecular flexibility index (Phi) is 5.20. The molecule has 0 heterocycles. The summed E-state index contributed by atoms with van der Waals surface area (Å²) in [5.41, 5.74) is 2.44. The predicted octanol–water partition coefficient (Wildman–Crippen LogP) is 3.41. The molecule has 114 valence electrons. The van der Waals surface area contributed by atoms with Crippen LogP contribution in [0.3, 0.4) is 0 Å². The van der Waals surface area contributed by atoms with Crippen LogP contribution in [0.1, 0.15) is 44.6 Å². The average molecular weight is 289 g/mol. The first-order valence-corrected chi connectivity index (χ1v) is 7.56. The molecule has 5 heteroatoms. The molecular formula is C16H23N3O2. The number of carbonyl (C=O) groups excluding carboxylic acids is 2. The summed E-state index contributed by atoms with van der Waals surface area (Å²) in [5.74, 6) is -0.0159. The summed E-state index contributed by atoms with van der Waals surface area (Å²) in [5, 5.41) is 8.66. The Hall–Kier alpha value is -2.04. The van der Waals surface area contributed by atoms with Crippen LogP contribution in [0, 0.1) is 6.92 Å². The van der Waals surface area contributed by atoms with E-state index in [1.165, 1.54) is 12.8 Å². The number of benzene rings is 1. The van der Waals surface area contributed by atoms with E-state index in [4.69, 9.17) is 0 Å². The number of hydrogen-bond acceptors (Lipinski definition) is 2. The molecule has 0 bridgehead atoms. The van der Waals surface area contributed by atoms with Gasteiger partial charge in [0.2, 0.25) is 5.91 Å². The fourth-order valence-electron chi connectivity index (χ4n) is 2.54. The molecule has 0 aromatic heterocycles. The molecule has 1 aromatic carbocycles. The number of urea groups is 1. The zero-order chi connectivity index (χ0) is 15.2. The minimum Gasteiger partial charge on any atom is -0.335 e. The van der Waals surface area contributed by atoms with E-state index < -0.39 is 0 Å². The van der Waals surface area contributed by atoms with E-state index in [9.17, 15) is 9.59 Å². The lowest BCUT2D eigenvalue weighted by atomic mass is 10.1. The fraction of sp³-hybridized carbons (Fsp3) is 0.500. The Morgan fingerprint density at radius 1 is 1.19 bits per heavy atom. The molecule has 2 rings (SSSR count). The highest BCUT2D eigenvalue weighted by atomic mass is 16.2. The molecule has 1 aromatic rings. The molecule has 0 spiro atoms. The van der Waals surface area contributed by atoms with Gasteiger partial charge in [-0.05, 0) is 43.5 Å². The van der Waals surface area contributed by atoms with Crippen molar-refractivity contribution in [2.75, 3.05) is 10.6 Å². The lowest BCUT2D eigenvalue weighted by Crippen LogP contribution is -2.36. The minimum atomic E-state index is -0.161. The van der Waals surface area contributed by atoms with Crippen LogP contribution in [0.5, 0.6) is 0 Å². The Labute approximate surface area is 125 Å². The Balaban J connectivity index is 1.92. The first kappa shape index (κ1) is 15.4. The van der Waals surface area contributed by atoms with Gasteiger partial charge in [-0.3, -0.25) is 4.79 Å². The summed E-state index contributed by atoms with van der Waals surface area (Å²) in [6.07, 6.45) is 4.96. The minimum absolute atomic E-state index is 0.0159. The third-order valence-corrected chi connectivity index (χ3v) is 3.77. The predicted molar refractivity (Wildman–Crippen MR) is 84.5 cm³/mol. The Bertz CT molecular complexity index is 522. The van der Waals surface area contributed by atoms with Crippen molar-refractivity contribution in [2.24, 2.45) is 0 Å². The molecule has 3 N–H and O–H groups in total. The second kappa shape index (κ2) is 7.11. The van der Waals surface area contributed by atoms with Gasteiger partial charge in [-0.1, -0.05) is 19.8 Å². The molecule has 1 aliphatic carbocycles. The molecule has 0 aliphatic heterocycles. The van der Waals surface area contributed by atoms with Gasteiger partial charge < -0.3 is 16.0 Å². The van der Waals surface area contributed by atoms with E-state index in [2.05, 4.69) is 16.0 Å². The zero-order valence-electron chi connectivity index (χ0n) is 12.7. The van der Waals surface area contributed by atoms with Crippen LogP contribution in [0.2, 0.25) is 0 Å². The molecule has 0 unspecified atom stereocenters. The summed E-state index contributed by atoms with van der Waals surface area (Å²) in [7, 11) is 0. The van der Waals surface area contributed by atoms with E-state index in [0.717, 1.165) is 29.8 Å².